The molecule has 1 aromatic heterocycles. The van der Waals surface area contributed by atoms with Crippen molar-refractivity contribution in [2.45, 2.75) is 45.7 Å². The quantitative estimate of drug-likeness (QED) is 0.681. The van der Waals surface area contributed by atoms with Crippen LogP contribution in [-0.4, -0.2) is 45.1 Å². The average molecular weight is 320 g/mol. The maximum Gasteiger partial charge on any atom is 0.176 e. The van der Waals surface area contributed by atoms with Crippen LogP contribution in [0.1, 0.15) is 20.8 Å². The predicted octanol–water partition coefficient (Wildman–Crippen LogP) is 1.44. The highest BCUT2D eigenvalue weighted by molar-refractivity contribution is 5.31. The Morgan fingerprint density at radius 1 is 1.09 bits per heavy atom. The van der Waals surface area contributed by atoms with Crippen molar-refractivity contribution in [2.24, 2.45) is 0 Å². The number of hydrogen-bond acceptors (Lipinski definition) is 6. The number of hydrogen-bond donors (Lipinski definition) is 2. The molecule has 0 amide bonds. The molecule has 0 aliphatic carbocycles. The minimum atomic E-state index is -0.616. The summed E-state index contributed by atoms with van der Waals surface area (Å²) in [4.78, 5) is 1.57. The van der Waals surface area contributed by atoms with Crippen LogP contribution in [0.3, 0.4) is 0 Å². The number of aliphatic hydroxyl groups is 1. The van der Waals surface area contributed by atoms with Gasteiger partial charge >= 0.3 is 0 Å². The molecular weight excluding hydrogens is 296 g/mol. The summed E-state index contributed by atoms with van der Waals surface area (Å²) >= 11 is 0. The summed E-state index contributed by atoms with van der Waals surface area (Å²) in [5.41, 5.74) is 0. The lowest BCUT2D eigenvalue weighted by atomic mass is 10.3. The van der Waals surface area contributed by atoms with Gasteiger partial charge in [-0.1, -0.05) is 0 Å². The largest absolute Gasteiger partial charge is 0.492 e. The number of benzene rings is 1. The van der Waals surface area contributed by atoms with E-state index in [-0.39, 0.29) is 6.04 Å². The van der Waals surface area contributed by atoms with Crippen molar-refractivity contribution >= 4 is 0 Å². The fourth-order valence-corrected chi connectivity index (χ4v) is 1.97. The van der Waals surface area contributed by atoms with E-state index in [1.54, 1.807) is 24.1 Å². The van der Waals surface area contributed by atoms with Crippen LogP contribution in [0, 0.1) is 0 Å². The van der Waals surface area contributed by atoms with Gasteiger partial charge in [0.1, 0.15) is 24.2 Å². The second kappa shape index (κ2) is 8.50. The van der Waals surface area contributed by atoms with Crippen LogP contribution in [-0.2, 0) is 6.54 Å². The Morgan fingerprint density at radius 3 is 2.26 bits per heavy atom. The Morgan fingerprint density at radius 2 is 1.70 bits per heavy atom. The summed E-state index contributed by atoms with van der Waals surface area (Å²) in [6.07, 6.45) is 2.20. The van der Waals surface area contributed by atoms with Gasteiger partial charge in [0.05, 0.1) is 18.9 Å². The molecule has 0 aliphatic rings. The van der Waals surface area contributed by atoms with Crippen molar-refractivity contribution in [3.63, 3.8) is 0 Å². The van der Waals surface area contributed by atoms with E-state index in [1.165, 1.54) is 0 Å². The highest BCUT2D eigenvalue weighted by Crippen LogP contribution is 2.19. The van der Waals surface area contributed by atoms with E-state index in [9.17, 15) is 5.11 Å². The van der Waals surface area contributed by atoms with Gasteiger partial charge in [-0.25, -0.2) is 0 Å². The maximum absolute atomic E-state index is 9.76. The van der Waals surface area contributed by atoms with Gasteiger partial charge in [-0.3, -0.25) is 5.32 Å². The number of aromatic nitrogens is 3. The Bertz CT molecular complexity index is 555. The van der Waals surface area contributed by atoms with Crippen LogP contribution in [0.2, 0.25) is 0 Å². The summed E-state index contributed by atoms with van der Waals surface area (Å²) < 4.78 is 11.4. The summed E-state index contributed by atoms with van der Waals surface area (Å²) in [6, 6.07) is 7.52. The highest BCUT2D eigenvalue weighted by Gasteiger charge is 2.17. The summed E-state index contributed by atoms with van der Waals surface area (Å²) in [5, 5.41) is 20.9. The predicted molar refractivity (Wildman–Crippen MR) is 86.3 cm³/mol. The topological polar surface area (TPSA) is 81.4 Å². The molecule has 2 rings (SSSR count). The zero-order valence-corrected chi connectivity index (χ0v) is 13.7. The third kappa shape index (κ3) is 5.88. The summed E-state index contributed by atoms with van der Waals surface area (Å²) in [7, 11) is 0. The van der Waals surface area contributed by atoms with Crippen molar-refractivity contribution < 1.29 is 14.6 Å². The molecule has 2 aromatic rings. The molecule has 2 N–H and O–H groups in total. The molecule has 7 nitrogen and oxygen atoms in total. The molecule has 0 aliphatic heterocycles. The molecule has 0 radical (unpaired) electrons. The van der Waals surface area contributed by atoms with Crippen LogP contribution in [0.4, 0.5) is 0 Å². The van der Waals surface area contributed by atoms with Crippen LogP contribution < -0.4 is 14.8 Å². The zero-order valence-electron chi connectivity index (χ0n) is 13.7. The first-order chi connectivity index (χ1) is 11.0. The van der Waals surface area contributed by atoms with Crippen molar-refractivity contribution in [1.82, 2.24) is 20.3 Å². The molecule has 23 heavy (non-hydrogen) atoms. The van der Waals surface area contributed by atoms with E-state index < -0.39 is 12.3 Å². The third-order valence-corrected chi connectivity index (χ3v) is 3.05. The normalized spacial score (nSPS) is 13.8. The van der Waals surface area contributed by atoms with E-state index in [0.29, 0.717) is 18.9 Å². The standard InChI is InChI=1S/C16H24N4O3/c1-12(2)19-16(13(3)21)23-15-6-4-14(5-7-15)22-11-10-20-17-8-9-18-20/h4-9,12-13,16,19,21H,10-11H2,1-3H3. The molecule has 0 bridgehead atoms. The van der Waals surface area contributed by atoms with Gasteiger partial charge in [0.15, 0.2) is 6.23 Å². The van der Waals surface area contributed by atoms with E-state index in [2.05, 4.69) is 15.5 Å². The Balaban J connectivity index is 1.83. The highest BCUT2D eigenvalue weighted by atomic mass is 16.5. The average Bonchev–Trinajstić information content (AvgIpc) is 3.01. The molecule has 0 saturated carbocycles. The molecule has 0 spiro atoms. The smallest absolute Gasteiger partial charge is 0.176 e. The monoisotopic (exact) mass is 320 g/mol. The number of aliphatic hydroxyl groups excluding tert-OH is 1. The number of nitrogens with zero attached hydrogens (tertiary/aromatic N) is 3. The van der Waals surface area contributed by atoms with Crippen LogP contribution in [0.15, 0.2) is 36.7 Å². The van der Waals surface area contributed by atoms with Crippen LogP contribution in [0.5, 0.6) is 11.5 Å². The Labute approximate surface area is 136 Å². The van der Waals surface area contributed by atoms with Gasteiger partial charge < -0.3 is 14.6 Å². The zero-order chi connectivity index (χ0) is 16.7. The van der Waals surface area contributed by atoms with E-state index in [4.69, 9.17) is 9.47 Å². The molecule has 0 saturated heterocycles. The third-order valence-electron chi connectivity index (χ3n) is 3.05. The number of ether oxygens (including phenoxy) is 2. The van der Waals surface area contributed by atoms with Crippen LogP contribution >= 0.6 is 0 Å². The van der Waals surface area contributed by atoms with E-state index in [1.807, 2.05) is 38.1 Å². The van der Waals surface area contributed by atoms with Crippen molar-refractivity contribution in [2.75, 3.05) is 6.61 Å². The lowest BCUT2D eigenvalue weighted by Crippen LogP contribution is -2.46. The second-order valence-electron chi connectivity index (χ2n) is 5.55. The van der Waals surface area contributed by atoms with E-state index >= 15 is 0 Å². The van der Waals surface area contributed by atoms with E-state index in [0.717, 1.165) is 5.75 Å². The summed E-state index contributed by atoms with van der Waals surface area (Å²) in [5.74, 6) is 1.42. The molecule has 1 aromatic carbocycles. The van der Waals surface area contributed by atoms with Crippen LogP contribution in [0.25, 0.3) is 0 Å². The second-order valence-corrected chi connectivity index (χ2v) is 5.55. The minimum Gasteiger partial charge on any atom is -0.492 e. The lowest BCUT2D eigenvalue weighted by Gasteiger charge is -2.25. The van der Waals surface area contributed by atoms with Gasteiger partial charge in [-0.05, 0) is 45.0 Å². The number of rotatable bonds is 9. The SMILES string of the molecule is CC(C)NC(Oc1ccc(OCCn2nccn2)cc1)C(C)O. The molecular formula is C16H24N4O3. The maximum atomic E-state index is 9.76. The van der Waals surface area contributed by atoms with Gasteiger partial charge in [-0.2, -0.15) is 15.0 Å². The molecule has 126 valence electrons. The molecule has 1 heterocycles. The molecule has 0 fully saturated rings. The molecule has 2 unspecified atom stereocenters. The fourth-order valence-electron chi connectivity index (χ4n) is 1.97. The van der Waals surface area contributed by atoms with Crippen molar-refractivity contribution in [3.05, 3.63) is 36.7 Å². The number of nitrogens with one attached hydrogen (secondary N) is 1. The first-order valence-corrected chi connectivity index (χ1v) is 7.72. The van der Waals surface area contributed by atoms with Gasteiger partial charge in [-0.15, -0.1) is 0 Å². The Hall–Kier alpha value is -2.12. The molecule has 7 heteroatoms. The lowest BCUT2D eigenvalue weighted by molar-refractivity contribution is 0.0218. The van der Waals surface area contributed by atoms with Crippen molar-refractivity contribution in [1.29, 1.82) is 0 Å². The van der Waals surface area contributed by atoms with Gasteiger partial charge in [0.25, 0.3) is 0 Å². The molecule has 2 atom stereocenters. The van der Waals surface area contributed by atoms with Gasteiger partial charge in [0, 0.05) is 6.04 Å². The minimum absolute atomic E-state index is 0.216. The van der Waals surface area contributed by atoms with Gasteiger partial charge in [0.2, 0.25) is 0 Å². The Kier molecular flexibility index (Phi) is 6.37. The fraction of sp³-hybridized carbons (Fsp3) is 0.500. The van der Waals surface area contributed by atoms with Crippen molar-refractivity contribution in [3.8, 4) is 11.5 Å². The summed E-state index contributed by atoms with van der Waals surface area (Å²) in [6.45, 7) is 6.78. The first-order valence-electron chi connectivity index (χ1n) is 7.72. The first kappa shape index (κ1) is 17.2.